The third-order valence-corrected chi connectivity index (χ3v) is 5.62. The van der Waals surface area contributed by atoms with E-state index in [0.717, 1.165) is 12.6 Å². The van der Waals surface area contributed by atoms with Crippen LogP contribution in [-0.2, 0) is 20.4 Å². The summed E-state index contributed by atoms with van der Waals surface area (Å²) in [6.45, 7) is 1.07. The molecule has 0 bridgehead atoms. The Bertz CT molecular complexity index is 743. The topological polar surface area (TPSA) is 110 Å². The van der Waals surface area contributed by atoms with Gasteiger partial charge in [-0.1, -0.05) is 36.4 Å². The Hall–Kier alpha value is -2.70. The monoisotopic (exact) mass is 382 g/mol. The SMILES string of the molecule is CNCCC(C=O)(c1ccccc1N)C(C=O)(CCNC)c1ccccc1N. The van der Waals surface area contributed by atoms with Crippen molar-refractivity contribution >= 4 is 23.9 Å². The second-order valence-corrected chi connectivity index (χ2v) is 7.06. The number of nitrogens with one attached hydrogen (secondary N) is 2. The Morgan fingerprint density at radius 2 is 1.11 bits per heavy atom. The maximum atomic E-state index is 12.8. The molecule has 28 heavy (non-hydrogen) atoms. The lowest BCUT2D eigenvalue weighted by Gasteiger charge is -2.46. The van der Waals surface area contributed by atoms with Gasteiger partial charge >= 0.3 is 0 Å². The van der Waals surface area contributed by atoms with Crippen LogP contribution in [0.25, 0.3) is 0 Å². The third kappa shape index (κ3) is 3.66. The first-order chi connectivity index (χ1) is 13.5. The van der Waals surface area contributed by atoms with E-state index < -0.39 is 10.8 Å². The lowest BCUT2D eigenvalue weighted by Crippen LogP contribution is -2.54. The molecule has 0 amide bonds. The molecular formula is C22H30N4O2. The van der Waals surface area contributed by atoms with Gasteiger partial charge in [0, 0.05) is 11.4 Å². The Kier molecular flexibility index (Phi) is 7.31. The maximum absolute atomic E-state index is 12.8. The third-order valence-electron chi connectivity index (χ3n) is 5.62. The van der Waals surface area contributed by atoms with Crippen molar-refractivity contribution in [3.63, 3.8) is 0 Å². The number of carbonyl (C=O) groups excluding carboxylic acids is 2. The summed E-state index contributed by atoms with van der Waals surface area (Å²) < 4.78 is 0. The molecule has 0 heterocycles. The molecule has 6 N–H and O–H groups in total. The number of rotatable bonds is 11. The minimum Gasteiger partial charge on any atom is -0.398 e. The van der Waals surface area contributed by atoms with Gasteiger partial charge in [0.15, 0.2) is 0 Å². The van der Waals surface area contributed by atoms with Gasteiger partial charge in [0.05, 0.1) is 10.8 Å². The summed E-state index contributed by atoms with van der Waals surface area (Å²) in [6.07, 6.45) is 2.56. The van der Waals surface area contributed by atoms with Gasteiger partial charge in [-0.05, 0) is 63.3 Å². The number of para-hydroxylation sites is 2. The van der Waals surface area contributed by atoms with Crippen molar-refractivity contribution in [2.45, 2.75) is 23.7 Å². The fourth-order valence-electron chi connectivity index (χ4n) is 4.10. The molecule has 2 atom stereocenters. The van der Waals surface area contributed by atoms with E-state index in [0.29, 0.717) is 48.4 Å². The molecule has 0 aliphatic carbocycles. The van der Waals surface area contributed by atoms with E-state index in [4.69, 9.17) is 11.5 Å². The highest BCUT2D eigenvalue weighted by Crippen LogP contribution is 2.49. The zero-order valence-electron chi connectivity index (χ0n) is 16.6. The number of nitrogens with two attached hydrogens (primary N) is 2. The molecule has 0 saturated carbocycles. The predicted molar refractivity (Wildman–Crippen MR) is 114 cm³/mol. The summed E-state index contributed by atoms with van der Waals surface area (Å²) in [5.41, 5.74) is 12.5. The number of benzene rings is 2. The summed E-state index contributed by atoms with van der Waals surface area (Å²) in [5.74, 6) is 0. The summed E-state index contributed by atoms with van der Waals surface area (Å²) in [6, 6.07) is 14.5. The average Bonchev–Trinajstić information content (AvgIpc) is 2.72. The maximum Gasteiger partial charge on any atom is 0.132 e. The molecule has 2 aromatic carbocycles. The van der Waals surface area contributed by atoms with E-state index in [1.807, 2.05) is 50.5 Å². The Morgan fingerprint density at radius 3 is 1.39 bits per heavy atom. The summed E-state index contributed by atoms with van der Waals surface area (Å²) in [5, 5.41) is 6.20. The minimum absolute atomic E-state index is 0.401. The van der Waals surface area contributed by atoms with Crippen LogP contribution in [0, 0.1) is 0 Å². The fraction of sp³-hybridized carbons (Fsp3) is 0.364. The number of aldehydes is 2. The van der Waals surface area contributed by atoms with Gasteiger partial charge in [0.1, 0.15) is 12.6 Å². The van der Waals surface area contributed by atoms with E-state index >= 15 is 0 Å². The number of hydrogen-bond donors (Lipinski definition) is 4. The van der Waals surface area contributed by atoms with Gasteiger partial charge in [-0.25, -0.2) is 0 Å². The normalized spacial score (nSPS) is 15.4. The van der Waals surface area contributed by atoms with Crippen molar-refractivity contribution in [1.82, 2.24) is 10.6 Å². The highest BCUT2D eigenvalue weighted by molar-refractivity contribution is 5.88. The van der Waals surface area contributed by atoms with Crippen LogP contribution in [0.3, 0.4) is 0 Å². The highest BCUT2D eigenvalue weighted by atomic mass is 16.1. The molecule has 6 nitrogen and oxygen atoms in total. The number of carbonyl (C=O) groups is 2. The fourth-order valence-corrected chi connectivity index (χ4v) is 4.10. The van der Waals surface area contributed by atoms with E-state index in [1.165, 1.54) is 0 Å². The van der Waals surface area contributed by atoms with Gasteiger partial charge < -0.3 is 31.7 Å². The quantitative estimate of drug-likeness (QED) is 0.347. The Morgan fingerprint density at radius 1 is 0.750 bits per heavy atom. The largest absolute Gasteiger partial charge is 0.398 e. The first-order valence-electron chi connectivity index (χ1n) is 9.45. The summed E-state index contributed by atoms with van der Waals surface area (Å²) >= 11 is 0. The Labute approximate surface area is 166 Å². The van der Waals surface area contributed by atoms with Crippen LogP contribution in [-0.4, -0.2) is 39.8 Å². The number of hydrogen-bond acceptors (Lipinski definition) is 6. The zero-order chi connectivity index (χ0) is 20.6. The molecule has 150 valence electrons. The zero-order valence-corrected chi connectivity index (χ0v) is 16.6. The smallest absolute Gasteiger partial charge is 0.132 e. The van der Waals surface area contributed by atoms with Crippen LogP contribution < -0.4 is 22.1 Å². The van der Waals surface area contributed by atoms with Gasteiger partial charge in [-0.2, -0.15) is 0 Å². The van der Waals surface area contributed by atoms with Gasteiger partial charge in [0.25, 0.3) is 0 Å². The molecule has 0 aromatic heterocycles. The molecule has 0 spiro atoms. The molecule has 2 rings (SSSR count). The predicted octanol–water partition coefficient (Wildman–Crippen LogP) is 1.64. The standard InChI is InChI=1S/C22H30N4O2/c1-25-13-11-21(15-27,17-7-3-5-9-19(17)23)22(16-28,12-14-26-2)18-8-4-6-10-20(18)24/h3-10,15-16,25-26H,11-14,23-24H2,1-2H3. The lowest BCUT2D eigenvalue weighted by molar-refractivity contribution is -0.124. The van der Waals surface area contributed by atoms with Crippen LogP contribution in [0.2, 0.25) is 0 Å². The molecule has 2 unspecified atom stereocenters. The van der Waals surface area contributed by atoms with Crippen LogP contribution >= 0.6 is 0 Å². The molecule has 0 aliphatic rings. The van der Waals surface area contributed by atoms with Crippen molar-refractivity contribution in [2.24, 2.45) is 0 Å². The van der Waals surface area contributed by atoms with E-state index in [-0.39, 0.29) is 0 Å². The van der Waals surface area contributed by atoms with Crippen molar-refractivity contribution in [1.29, 1.82) is 0 Å². The van der Waals surface area contributed by atoms with Gasteiger partial charge in [-0.15, -0.1) is 0 Å². The highest BCUT2D eigenvalue weighted by Gasteiger charge is 2.54. The van der Waals surface area contributed by atoms with Crippen LogP contribution in [0.4, 0.5) is 11.4 Å². The average molecular weight is 383 g/mol. The van der Waals surface area contributed by atoms with Crippen LogP contribution in [0.15, 0.2) is 48.5 Å². The molecule has 0 saturated heterocycles. The molecule has 0 radical (unpaired) electrons. The number of nitrogen functional groups attached to an aromatic ring is 2. The van der Waals surface area contributed by atoms with E-state index in [2.05, 4.69) is 10.6 Å². The van der Waals surface area contributed by atoms with Crippen LogP contribution in [0.5, 0.6) is 0 Å². The molecular weight excluding hydrogens is 352 g/mol. The second-order valence-electron chi connectivity index (χ2n) is 7.06. The second kappa shape index (κ2) is 9.48. The lowest BCUT2D eigenvalue weighted by atomic mass is 9.54. The summed E-state index contributed by atoms with van der Waals surface area (Å²) in [7, 11) is 3.63. The van der Waals surface area contributed by atoms with Gasteiger partial charge in [0.2, 0.25) is 0 Å². The Balaban J connectivity index is 2.89. The minimum atomic E-state index is -1.17. The van der Waals surface area contributed by atoms with Gasteiger partial charge in [-0.3, -0.25) is 0 Å². The van der Waals surface area contributed by atoms with Crippen molar-refractivity contribution in [2.75, 3.05) is 38.7 Å². The van der Waals surface area contributed by atoms with Crippen molar-refractivity contribution in [3.05, 3.63) is 59.7 Å². The number of anilines is 2. The van der Waals surface area contributed by atoms with E-state index in [1.54, 1.807) is 12.1 Å². The van der Waals surface area contributed by atoms with Crippen molar-refractivity contribution in [3.8, 4) is 0 Å². The summed E-state index contributed by atoms with van der Waals surface area (Å²) in [4.78, 5) is 25.7. The molecule has 6 heteroatoms. The first kappa shape index (κ1) is 21.6. The van der Waals surface area contributed by atoms with E-state index in [9.17, 15) is 9.59 Å². The molecule has 0 aliphatic heterocycles. The molecule has 2 aromatic rings. The van der Waals surface area contributed by atoms with Crippen molar-refractivity contribution < 1.29 is 9.59 Å². The molecule has 0 fully saturated rings. The first-order valence-corrected chi connectivity index (χ1v) is 9.45. The van der Waals surface area contributed by atoms with Crippen LogP contribution in [0.1, 0.15) is 24.0 Å².